The van der Waals surface area contributed by atoms with E-state index in [1.54, 1.807) is 20.3 Å². The number of nitriles is 1. The lowest BCUT2D eigenvalue weighted by atomic mass is 9.85. The van der Waals surface area contributed by atoms with Gasteiger partial charge in [0.05, 0.1) is 37.4 Å². The maximum Gasteiger partial charge on any atom is 0.136 e. The van der Waals surface area contributed by atoms with Crippen molar-refractivity contribution in [2.24, 2.45) is 12.0 Å². The summed E-state index contributed by atoms with van der Waals surface area (Å²) in [4.78, 5) is 5.15. The maximum absolute atomic E-state index is 7.32. The molecule has 6 heteroatoms. The van der Waals surface area contributed by atoms with Crippen LogP contribution in [0.1, 0.15) is 55.1 Å². The number of allylic oxidation sites excluding steroid dienone is 2. The van der Waals surface area contributed by atoms with E-state index < -0.39 is 0 Å². The number of aliphatic imine (C=N–C) groups is 1. The van der Waals surface area contributed by atoms with E-state index in [-0.39, 0.29) is 0 Å². The molecule has 0 radical (unpaired) electrons. The van der Waals surface area contributed by atoms with Gasteiger partial charge in [0.2, 0.25) is 0 Å². The zero-order valence-corrected chi connectivity index (χ0v) is 38.0. The van der Waals surface area contributed by atoms with E-state index in [1.807, 2.05) is 24.3 Å². The smallest absolute Gasteiger partial charge is 0.136 e. The SMILES string of the molecule is C=NC(/C(=C(/CC)Cc1ccc(OC)cc1)c1ccccc1)=C(/c1ccc2c(c1)oc1ccc3ccccc3c12)c1c(-c2ccccc2)c(CC)c(-c2ccc(OC)cc2)n1C.CC#N. The van der Waals surface area contributed by atoms with E-state index in [0.717, 1.165) is 109 Å². The Morgan fingerprint density at radius 2 is 1.32 bits per heavy atom. The average molecular weight is 852 g/mol. The van der Waals surface area contributed by atoms with Crippen LogP contribution in [0.3, 0.4) is 0 Å². The zero-order chi connectivity index (χ0) is 45.5. The molecule has 0 N–H and O–H groups in total. The van der Waals surface area contributed by atoms with Gasteiger partial charge < -0.3 is 18.5 Å². The van der Waals surface area contributed by atoms with Crippen molar-refractivity contribution >= 4 is 50.6 Å². The molecule has 9 aromatic rings. The first-order valence-electron chi connectivity index (χ1n) is 22.1. The Bertz CT molecular complexity index is 3240. The van der Waals surface area contributed by atoms with Crippen LogP contribution >= 0.6 is 0 Å². The molecule has 65 heavy (non-hydrogen) atoms. The van der Waals surface area contributed by atoms with Crippen LogP contribution < -0.4 is 9.47 Å². The minimum Gasteiger partial charge on any atom is -0.497 e. The molecule has 0 saturated heterocycles. The summed E-state index contributed by atoms with van der Waals surface area (Å²) in [6, 6.07) is 59.4. The van der Waals surface area contributed by atoms with E-state index in [9.17, 15) is 0 Å². The quantitative estimate of drug-likeness (QED) is 0.0855. The molecule has 2 aromatic heterocycles. The monoisotopic (exact) mass is 851 g/mol. The number of aromatic nitrogens is 1. The fourth-order valence-electron chi connectivity index (χ4n) is 9.28. The summed E-state index contributed by atoms with van der Waals surface area (Å²) in [7, 11) is 5.60. The Hall–Kier alpha value is -7.88. The van der Waals surface area contributed by atoms with Crippen molar-refractivity contribution in [2.45, 2.75) is 40.0 Å². The fraction of sp³-hybridized carbons (Fsp3) is 0.153. The van der Waals surface area contributed by atoms with Crippen molar-refractivity contribution in [1.29, 1.82) is 5.26 Å². The second-order valence-corrected chi connectivity index (χ2v) is 15.9. The van der Waals surface area contributed by atoms with Crippen molar-refractivity contribution < 1.29 is 13.9 Å². The summed E-state index contributed by atoms with van der Waals surface area (Å²) in [6.45, 7) is 10.3. The van der Waals surface area contributed by atoms with Crippen LogP contribution in [0.2, 0.25) is 0 Å². The summed E-state index contributed by atoms with van der Waals surface area (Å²) < 4.78 is 20.3. The lowest BCUT2D eigenvalue weighted by Crippen LogP contribution is -2.06. The molecule has 2 heterocycles. The van der Waals surface area contributed by atoms with Gasteiger partial charge in [0, 0.05) is 41.5 Å². The summed E-state index contributed by atoms with van der Waals surface area (Å²) >= 11 is 0. The number of benzene rings is 7. The van der Waals surface area contributed by atoms with E-state index in [2.05, 4.69) is 172 Å². The first kappa shape index (κ1) is 43.8. The van der Waals surface area contributed by atoms with Gasteiger partial charge in [-0.3, -0.25) is 4.99 Å². The van der Waals surface area contributed by atoms with Crippen LogP contribution in [0.4, 0.5) is 0 Å². The third kappa shape index (κ3) is 8.49. The summed E-state index contributed by atoms with van der Waals surface area (Å²) in [5.74, 6) is 1.65. The first-order valence-corrected chi connectivity index (χ1v) is 22.1. The maximum atomic E-state index is 7.32. The standard InChI is InChI=1S/C57H50N2O3.C2H3N/c1-7-38(35-37-23-29-44(60-5)30-24-37)51(40-18-11-9-12-19-40)55(58-3)53(43-27-33-48-50(36-43)62-49-34-28-39-17-15-16-22-47(39)54(48)49)57-52(41-20-13-10-14-21-41)46(8-2)56(59(57)4)42-25-31-45(61-6)32-26-42;1-2-3/h9-34,36H,3,7-8,35H2,1-2,4-6H3;1H3/b51-38-,55-53-;. The van der Waals surface area contributed by atoms with E-state index in [0.29, 0.717) is 0 Å². The van der Waals surface area contributed by atoms with Gasteiger partial charge in [-0.2, -0.15) is 5.26 Å². The van der Waals surface area contributed by atoms with Crippen molar-refractivity contribution in [1.82, 2.24) is 4.57 Å². The molecule has 0 aliphatic heterocycles. The molecule has 0 unspecified atom stereocenters. The zero-order valence-electron chi connectivity index (χ0n) is 38.0. The van der Waals surface area contributed by atoms with Gasteiger partial charge in [-0.1, -0.05) is 129 Å². The molecule has 0 aliphatic rings. The minimum absolute atomic E-state index is 0.725. The number of furan rings is 1. The number of fused-ring (bicyclic) bond motifs is 5. The second kappa shape index (κ2) is 19.7. The molecule has 0 spiro atoms. The third-order valence-corrected chi connectivity index (χ3v) is 12.2. The fourth-order valence-corrected chi connectivity index (χ4v) is 9.28. The van der Waals surface area contributed by atoms with Crippen LogP contribution in [0.25, 0.3) is 66.2 Å². The average Bonchev–Trinajstić information content (AvgIpc) is 3.88. The number of hydrogen-bond acceptors (Lipinski definition) is 5. The number of methoxy groups -OCH3 is 2. The summed E-state index contributed by atoms with van der Waals surface area (Å²) in [5, 5.41) is 11.9. The Kier molecular flexibility index (Phi) is 13.2. The number of hydrogen-bond donors (Lipinski definition) is 0. The Balaban J connectivity index is 0.00000187. The molecule has 6 nitrogen and oxygen atoms in total. The topological polar surface area (TPSA) is 72.7 Å². The van der Waals surface area contributed by atoms with Crippen molar-refractivity contribution in [3.63, 3.8) is 0 Å². The molecule has 0 amide bonds. The Labute approximate surface area is 382 Å². The highest BCUT2D eigenvalue weighted by atomic mass is 16.5. The van der Waals surface area contributed by atoms with Gasteiger partial charge >= 0.3 is 0 Å². The minimum atomic E-state index is 0.725. The molecule has 0 fully saturated rings. The van der Waals surface area contributed by atoms with Crippen LogP contribution in [0, 0.1) is 11.3 Å². The number of nitrogens with zero attached hydrogens (tertiary/aromatic N) is 3. The van der Waals surface area contributed by atoms with Gasteiger partial charge in [0.1, 0.15) is 22.7 Å². The van der Waals surface area contributed by atoms with E-state index in [4.69, 9.17) is 24.1 Å². The molecule has 322 valence electrons. The van der Waals surface area contributed by atoms with Gasteiger partial charge in [-0.15, -0.1) is 0 Å². The molecular formula is C59H53N3O3. The van der Waals surface area contributed by atoms with Crippen molar-refractivity contribution in [3.05, 3.63) is 203 Å². The first-order chi connectivity index (χ1) is 31.9. The highest BCUT2D eigenvalue weighted by molar-refractivity contribution is 6.19. The Morgan fingerprint density at radius 1 is 0.692 bits per heavy atom. The summed E-state index contributed by atoms with van der Waals surface area (Å²) in [5.41, 5.74) is 15.9. The van der Waals surface area contributed by atoms with Crippen LogP contribution in [-0.2, 0) is 19.9 Å². The van der Waals surface area contributed by atoms with E-state index >= 15 is 0 Å². The lowest BCUT2D eigenvalue weighted by molar-refractivity contribution is 0.414. The van der Waals surface area contributed by atoms with Gasteiger partial charge in [-0.05, 0) is 125 Å². The molecule has 0 atom stereocenters. The molecule has 0 saturated carbocycles. The molecular weight excluding hydrogens is 799 g/mol. The van der Waals surface area contributed by atoms with Crippen LogP contribution in [-0.4, -0.2) is 25.5 Å². The van der Waals surface area contributed by atoms with Gasteiger partial charge in [0.25, 0.3) is 0 Å². The molecule has 9 rings (SSSR count). The van der Waals surface area contributed by atoms with Gasteiger partial charge in [-0.25, -0.2) is 0 Å². The molecule has 7 aromatic carbocycles. The third-order valence-electron chi connectivity index (χ3n) is 12.2. The van der Waals surface area contributed by atoms with E-state index in [1.165, 1.54) is 34.4 Å². The number of ether oxygens (including phenoxy) is 2. The highest BCUT2D eigenvalue weighted by Crippen LogP contribution is 2.48. The predicted molar refractivity (Wildman–Crippen MR) is 271 cm³/mol. The molecule has 0 aliphatic carbocycles. The second-order valence-electron chi connectivity index (χ2n) is 15.9. The summed E-state index contributed by atoms with van der Waals surface area (Å²) in [6.07, 6.45) is 2.33. The largest absolute Gasteiger partial charge is 0.497 e. The van der Waals surface area contributed by atoms with Crippen LogP contribution in [0.5, 0.6) is 11.5 Å². The highest BCUT2D eigenvalue weighted by Gasteiger charge is 2.30. The lowest BCUT2D eigenvalue weighted by Gasteiger charge is -2.22. The van der Waals surface area contributed by atoms with Crippen molar-refractivity contribution in [3.8, 4) is 40.0 Å². The Morgan fingerprint density at radius 3 is 1.95 bits per heavy atom. The predicted octanol–water partition coefficient (Wildman–Crippen LogP) is 15.1. The van der Waals surface area contributed by atoms with Crippen LogP contribution in [0.15, 0.2) is 184 Å². The normalized spacial score (nSPS) is 12.0. The van der Waals surface area contributed by atoms with Crippen molar-refractivity contribution in [2.75, 3.05) is 14.2 Å². The molecule has 0 bridgehead atoms. The number of rotatable bonds is 13. The van der Waals surface area contributed by atoms with Gasteiger partial charge in [0.15, 0.2) is 0 Å².